The summed E-state index contributed by atoms with van der Waals surface area (Å²) >= 11 is 0. The SMILES string of the molecule is CCC(C(=O)NC(C)(C)C)N(Cc1ccc(F)cc1)C(=O)CN(c1ccc2c(c1)OCCO2)S(=O)(=O)CC. The van der Waals surface area contributed by atoms with E-state index in [9.17, 15) is 22.4 Å². The summed E-state index contributed by atoms with van der Waals surface area (Å²) in [7, 11) is -3.89. The van der Waals surface area contributed by atoms with Gasteiger partial charge in [-0.3, -0.25) is 13.9 Å². The number of amides is 2. The van der Waals surface area contributed by atoms with Crippen molar-refractivity contribution in [3.63, 3.8) is 0 Å². The minimum atomic E-state index is -3.89. The van der Waals surface area contributed by atoms with Crippen LogP contribution in [0.25, 0.3) is 0 Å². The average molecular weight is 550 g/mol. The molecular weight excluding hydrogens is 513 g/mol. The van der Waals surface area contributed by atoms with Gasteiger partial charge >= 0.3 is 0 Å². The molecule has 0 fully saturated rings. The number of anilines is 1. The zero-order valence-electron chi connectivity index (χ0n) is 22.5. The third kappa shape index (κ3) is 7.37. The summed E-state index contributed by atoms with van der Waals surface area (Å²) in [6.07, 6.45) is 0.291. The first-order chi connectivity index (χ1) is 17.8. The summed E-state index contributed by atoms with van der Waals surface area (Å²) in [5.74, 6) is -0.728. The molecule has 0 saturated heterocycles. The first kappa shape index (κ1) is 29.2. The number of halogens is 1. The Labute approximate surface area is 224 Å². The Balaban J connectivity index is 1.99. The Hall–Kier alpha value is -3.34. The highest BCUT2D eigenvalue weighted by atomic mass is 32.2. The summed E-state index contributed by atoms with van der Waals surface area (Å²) in [6.45, 7) is 8.94. The highest BCUT2D eigenvalue weighted by Gasteiger charge is 2.34. The van der Waals surface area contributed by atoms with Gasteiger partial charge in [0.2, 0.25) is 21.8 Å². The van der Waals surface area contributed by atoms with Crippen molar-refractivity contribution in [2.45, 2.75) is 59.2 Å². The van der Waals surface area contributed by atoms with E-state index in [-0.39, 0.29) is 23.9 Å². The fourth-order valence-electron chi connectivity index (χ4n) is 4.07. The van der Waals surface area contributed by atoms with Gasteiger partial charge in [-0.15, -0.1) is 0 Å². The summed E-state index contributed by atoms with van der Waals surface area (Å²) in [5.41, 5.74) is 0.307. The van der Waals surface area contributed by atoms with Crippen LogP contribution in [0, 0.1) is 5.82 Å². The van der Waals surface area contributed by atoms with Crippen LogP contribution >= 0.6 is 0 Å². The number of nitrogens with zero attached hydrogens (tertiary/aromatic N) is 2. The van der Waals surface area contributed by atoms with E-state index in [1.165, 1.54) is 42.2 Å². The van der Waals surface area contributed by atoms with Gasteiger partial charge in [-0.1, -0.05) is 19.1 Å². The Morgan fingerprint density at radius 1 is 1.03 bits per heavy atom. The smallest absolute Gasteiger partial charge is 0.244 e. The minimum Gasteiger partial charge on any atom is -0.486 e. The molecule has 2 aromatic rings. The van der Waals surface area contributed by atoms with Crippen LogP contribution in [0.5, 0.6) is 11.5 Å². The third-order valence-electron chi connectivity index (χ3n) is 5.94. The van der Waals surface area contributed by atoms with Crippen molar-refractivity contribution in [1.29, 1.82) is 0 Å². The van der Waals surface area contributed by atoms with Gasteiger partial charge in [0.05, 0.1) is 11.4 Å². The molecule has 1 aliphatic heterocycles. The Morgan fingerprint density at radius 3 is 2.24 bits per heavy atom. The van der Waals surface area contributed by atoms with E-state index < -0.39 is 39.9 Å². The van der Waals surface area contributed by atoms with Gasteiger partial charge in [0.25, 0.3) is 0 Å². The number of rotatable bonds is 10. The highest BCUT2D eigenvalue weighted by Crippen LogP contribution is 2.35. The largest absolute Gasteiger partial charge is 0.486 e. The van der Waals surface area contributed by atoms with Crippen LogP contribution in [0.15, 0.2) is 42.5 Å². The van der Waals surface area contributed by atoms with Crippen molar-refractivity contribution in [3.8, 4) is 11.5 Å². The topological polar surface area (TPSA) is 105 Å². The van der Waals surface area contributed by atoms with Gasteiger partial charge in [0, 0.05) is 18.2 Å². The van der Waals surface area contributed by atoms with E-state index in [1.807, 2.05) is 20.8 Å². The molecule has 2 aromatic carbocycles. The molecule has 1 N–H and O–H groups in total. The number of benzene rings is 2. The molecule has 1 aliphatic rings. The maximum absolute atomic E-state index is 13.8. The summed E-state index contributed by atoms with van der Waals surface area (Å²) in [4.78, 5) is 28.4. The lowest BCUT2D eigenvalue weighted by molar-refractivity contribution is -0.141. The maximum atomic E-state index is 13.8. The number of sulfonamides is 1. The molecule has 0 bridgehead atoms. The lowest BCUT2D eigenvalue weighted by Crippen LogP contribution is -2.55. The fourth-order valence-corrected chi connectivity index (χ4v) is 5.12. The van der Waals surface area contributed by atoms with Crippen LogP contribution in [0.4, 0.5) is 10.1 Å². The molecule has 0 radical (unpaired) electrons. The van der Waals surface area contributed by atoms with Crippen LogP contribution < -0.4 is 19.1 Å². The van der Waals surface area contributed by atoms with E-state index in [2.05, 4.69) is 5.32 Å². The van der Waals surface area contributed by atoms with E-state index in [0.717, 1.165) is 4.31 Å². The number of fused-ring (bicyclic) bond motifs is 1. The molecule has 1 unspecified atom stereocenters. The van der Waals surface area contributed by atoms with Crippen molar-refractivity contribution in [1.82, 2.24) is 10.2 Å². The van der Waals surface area contributed by atoms with Gasteiger partial charge in [0.1, 0.15) is 31.6 Å². The molecule has 1 atom stereocenters. The molecular formula is C27H36FN3O6S. The third-order valence-corrected chi connectivity index (χ3v) is 7.68. The Bertz CT molecular complexity index is 1240. The first-order valence-electron chi connectivity index (χ1n) is 12.6. The van der Waals surface area contributed by atoms with Gasteiger partial charge < -0.3 is 19.7 Å². The summed E-state index contributed by atoms with van der Waals surface area (Å²) in [5, 5.41) is 2.91. The standard InChI is InChI=1S/C27H36FN3O6S/c1-6-22(26(33)29-27(3,4)5)30(17-19-8-10-20(28)11-9-19)25(32)18-31(38(34,35)7-2)21-12-13-23-24(16-21)37-15-14-36-23/h8-13,16,22H,6-7,14-15,17-18H2,1-5H3,(H,29,33). The molecule has 9 nitrogen and oxygen atoms in total. The normalized spacial score (nSPS) is 13.9. The van der Waals surface area contributed by atoms with Crippen molar-refractivity contribution >= 4 is 27.5 Å². The second-order valence-electron chi connectivity index (χ2n) is 10.0. The minimum absolute atomic E-state index is 0.00364. The maximum Gasteiger partial charge on any atom is 0.244 e. The molecule has 38 heavy (non-hydrogen) atoms. The van der Waals surface area contributed by atoms with Crippen LogP contribution in [-0.4, -0.2) is 62.2 Å². The van der Waals surface area contributed by atoms with Gasteiger partial charge in [0.15, 0.2) is 11.5 Å². The summed E-state index contributed by atoms with van der Waals surface area (Å²) < 4.78 is 52.0. The van der Waals surface area contributed by atoms with E-state index in [4.69, 9.17) is 9.47 Å². The average Bonchev–Trinajstić information content (AvgIpc) is 2.86. The number of nitrogens with one attached hydrogen (secondary N) is 1. The number of carbonyl (C=O) groups excluding carboxylic acids is 2. The van der Waals surface area contributed by atoms with Crippen LogP contribution in [0.1, 0.15) is 46.6 Å². The lowest BCUT2D eigenvalue weighted by atomic mass is 10.1. The van der Waals surface area contributed by atoms with E-state index in [1.54, 1.807) is 19.1 Å². The van der Waals surface area contributed by atoms with Crippen LogP contribution in [0.2, 0.25) is 0 Å². The van der Waals surface area contributed by atoms with Crippen molar-refractivity contribution in [2.24, 2.45) is 0 Å². The van der Waals surface area contributed by atoms with Crippen LogP contribution in [-0.2, 0) is 26.2 Å². The Morgan fingerprint density at radius 2 is 1.66 bits per heavy atom. The molecule has 11 heteroatoms. The number of hydrogen-bond acceptors (Lipinski definition) is 6. The number of hydrogen-bond donors (Lipinski definition) is 1. The van der Waals surface area contributed by atoms with Crippen molar-refractivity contribution in [3.05, 3.63) is 53.8 Å². The molecule has 1 heterocycles. The predicted octanol–water partition coefficient (Wildman–Crippen LogP) is 3.48. The molecule has 2 amide bonds. The Kier molecular flexibility index (Phi) is 9.24. The lowest BCUT2D eigenvalue weighted by Gasteiger charge is -2.34. The monoisotopic (exact) mass is 549 g/mol. The second kappa shape index (κ2) is 12.0. The van der Waals surface area contributed by atoms with Gasteiger partial charge in [-0.25, -0.2) is 12.8 Å². The van der Waals surface area contributed by atoms with Crippen molar-refractivity contribution < 1.29 is 31.9 Å². The zero-order valence-corrected chi connectivity index (χ0v) is 23.3. The number of carbonyl (C=O) groups is 2. The van der Waals surface area contributed by atoms with E-state index >= 15 is 0 Å². The molecule has 0 aliphatic carbocycles. The zero-order chi connectivity index (χ0) is 28.1. The first-order valence-corrected chi connectivity index (χ1v) is 14.2. The molecule has 0 spiro atoms. The molecule has 0 saturated carbocycles. The van der Waals surface area contributed by atoms with Gasteiger partial charge in [-0.05, 0) is 63.9 Å². The molecule has 0 aromatic heterocycles. The predicted molar refractivity (Wildman–Crippen MR) is 143 cm³/mol. The number of ether oxygens (including phenoxy) is 2. The molecule has 3 rings (SSSR count). The van der Waals surface area contributed by atoms with Crippen LogP contribution in [0.3, 0.4) is 0 Å². The van der Waals surface area contributed by atoms with Crippen molar-refractivity contribution in [2.75, 3.05) is 29.8 Å². The second-order valence-corrected chi connectivity index (χ2v) is 12.2. The fraction of sp³-hybridized carbons (Fsp3) is 0.481. The van der Waals surface area contributed by atoms with E-state index in [0.29, 0.717) is 36.7 Å². The highest BCUT2D eigenvalue weighted by molar-refractivity contribution is 7.92. The quantitative estimate of drug-likeness (QED) is 0.487. The summed E-state index contributed by atoms with van der Waals surface area (Å²) in [6, 6.07) is 9.43. The van der Waals surface area contributed by atoms with Gasteiger partial charge in [-0.2, -0.15) is 0 Å². The molecule has 208 valence electrons.